The maximum Gasteiger partial charge on any atom is 0.256 e. The minimum absolute atomic E-state index is 0.0102. The zero-order chi connectivity index (χ0) is 22.0. The molecule has 0 aliphatic carbocycles. The van der Waals surface area contributed by atoms with E-state index < -0.39 is 11.7 Å². The largest absolute Gasteiger partial charge is 0.508 e. The number of hydrogen-bond acceptors (Lipinski definition) is 3. The van der Waals surface area contributed by atoms with Gasteiger partial charge in [-0.25, -0.2) is 4.39 Å². The summed E-state index contributed by atoms with van der Waals surface area (Å²) >= 11 is 5.90. The highest BCUT2D eigenvalue weighted by molar-refractivity contribution is 6.30. The Morgan fingerprint density at radius 1 is 0.774 bits per heavy atom. The number of nitrogens with zero attached hydrogens (tertiary/aromatic N) is 2. The molecule has 0 radical (unpaired) electrons. The second-order valence-corrected chi connectivity index (χ2v) is 7.77. The fourth-order valence-corrected chi connectivity index (χ4v) is 3.71. The van der Waals surface area contributed by atoms with Gasteiger partial charge in [-0.1, -0.05) is 29.8 Å². The Bertz CT molecular complexity index is 1110. The van der Waals surface area contributed by atoms with Gasteiger partial charge in [0.25, 0.3) is 11.8 Å². The highest BCUT2D eigenvalue weighted by Gasteiger charge is 2.27. The average molecular weight is 439 g/mol. The molecule has 5 nitrogen and oxygen atoms in total. The zero-order valence-corrected chi connectivity index (χ0v) is 17.3. The molecule has 1 N–H and O–H groups in total. The summed E-state index contributed by atoms with van der Waals surface area (Å²) in [5.74, 6) is -1.04. The van der Waals surface area contributed by atoms with E-state index >= 15 is 0 Å². The van der Waals surface area contributed by atoms with E-state index in [9.17, 15) is 19.1 Å². The van der Waals surface area contributed by atoms with Crippen LogP contribution in [0.25, 0.3) is 11.1 Å². The molecule has 31 heavy (non-hydrogen) atoms. The lowest BCUT2D eigenvalue weighted by Gasteiger charge is -2.35. The summed E-state index contributed by atoms with van der Waals surface area (Å²) < 4.78 is 14.7. The summed E-state index contributed by atoms with van der Waals surface area (Å²) in [6, 6.07) is 17.7. The molecule has 1 saturated heterocycles. The Morgan fingerprint density at radius 3 is 1.90 bits per heavy atom. The molecule has 0 unspecified atom stereocenters. The Labute approximate surface area is 184 Å². The van der Waals surface area contributed by atoms with Crippen molar-refractivity contribution in [3.63, 3.8) is 0 Å². The van der Waals surface area contributed by atoms with Crippen molar-refractivity contribution in [2.75, 3.05) is 26.2 Å². The topological polar surface area (TPSA) is 60.9 Å². The minimum Gasteiger partial charge on any atom is -0.508 e. The van der Waals surface area contributed by atoms with Crippen LogP contribution in [-0.4, -0.2) is 52.9 Å². The summed E-state index contributed by atoms with van der Waals surface area (Å²) in [5.41, 5.74) is 1.95. The Kier molecular flexibility index (Phi) is 5.91. The quantitative estimate of drug-likeness (QED) is 0.657. The van der Waals surface area contributed by atoms with E-state index in [0.29, 0.717) is 42.3 Å². The van der Waals surface area contributed by atoms with Crippen molar-refractivity contribution < 1.29 is 19.1 Å². The van der Waals surface area contributed by atoms with Crippen LogP contribution in [0.3, 0.4) is 0 Å². The fraction of sp³-hybridized carbons (Fsp3) is 0.167. The number of aromatic hydroxyl groups is 1. The van der Waals surface area contributed by atoms with Gasteiger partial charge in [0.15, 0.2) is 0 Å². The Hall–Kier alpha value is -3.38. The SMILES string of the molecule is O=C(c1ccc(O)cc1)N1CCN(C(=O)c2ccc(-c3ccc(Cl)cc3)cc2F)CC1. The summed E-state index contributed by atoms with van der Waals surface area (Å²) in [4.78, 5) is 28.6. The molecule has 0 aromatic heterocycles. The fourth-order valence-electron chi connectivity index (χ4n) is 3.58. The van der Waals surface area contributed by atoms with Gasteiger partial charge in [-0.2, -0.15) is 0 Å². The lowest BCUT2D eigenvalue weighted by molar-refractivity contribution is 0.0533. The molecule has 0 saturated carbocycles. The summed E-state index contributed by atoms with van der Waals surface area (Å²) in [7, 11) is 0. The first kappa shape index (κ1) is 20.9. The molecule has 3 aromatic carbocycles. The van der Waals surface area contributed by atoms with Crippen LogP contribution in [0.5, 0.6) is 5.75 Å². The van der Waals surface area contributed by atoms with Crippen LogP contribution in [0, 0.1) is 5.82 Å². The molecule has 2 amide bonds. The number of halogens is 2. The van der Waals surface area contributed by atoms with Crippen molar-refractivity contribution >= 4 is 23.4 Å². The third-order valence-corrected chi connectivity index (χ3v) is 5.60. The molecule has 7 heteroatoms. The van der Waals surface area contributed by atoms with Crippen LogP contribution in [0.15, 0.2) is 66.7 Å². The van der Waals surface area contributed by atoms with Gasteiger partial charge in [-0.05, 0) is 59.7 Å². The molecule has 1 heterocycles. The molecule has 1 aliphatic heterocycles. The molecule has 1 aliphatic rings. The lowest BCUT2D eigenvalue weighted by Crippen LogP contribution is -2.50. The molecule has 3 aromatic rings. The van der Waals surface area contributed by atoms with Gasteiger partial charge in [0.05, 0.1) is 5.56 Å². The van der Waals surface area contributed by atoms with Crippen LogP contribution in [0.2, 0.25) is 5.02 Å². The van der Waals surface area contributed by atoms with Crippen molar-refractivity contribution in [2.45, 2.75) is 0 Å². The van der Waals surface area contributed by atoms with E-state index in [1.165, 1.54) is 24.3 Å². The van der Waals surface area contributed by atoms with E-state index in [4.69, 9.17) is 11.6 Å². The van der Waals surface area contributed by atoms with E-state index in [1.54, 1.807) is 52.3 Å². The van der Waals surface area contributed by atoms with Gasteiger partial charge in [-0.15, -0.1) is 0 Å². The third kappa shape index (κ3) is 4.54. The molecule has 4 rings (SSSR count). The van der Waals surface area contributed by atoms with Crippen LogP contribution in [0.1, 0.15) is 20.7 Å². The van der Waals surface area contributed by atoms with Crippen molar-refractivity contribution in [3.05, 3.63) is 88.7 Å². The Morgan fingerprint density at radius 2 is 1.32 bits per heavy atom. The predicted molar refractivity (Wildman–Crippen MR) is 117 cm³/mol. The maximum atomic E-state index is 14.7. The van der Waals surface area contributed by atoms with Gasteiger partial charge >= 0.3 is 0 Å². The molecule has 0 bridgehead atoms. The molecule has 158 valence electrons. The number of benzene rings is 3. The van der Waals surface area contributed by atoms with Crippen LogP contribution >= 0.6 is 11.6 Å². The first-order valence-corrected chi connectivity index (χ1v) is 10.2. The predicted octanol–water partition coefficient (Wildman–Crippen LogP) is 4.45. The number of carbonyl (C=O) groups excluding carboxylic acids is 2. The smallest absolute Gasteiger partial charge is 0.256 e. The number of carbonyl (C=O) groups is 2. The van der Waals surface area contributed by atoms with Crippen molar-refractivity contribution in [1.29, 1.82) is 0 Å². The second kappa shape index (κ2) is 8.78. The number of phenols is 1. The first-order chi connectivity index (χ1) is 14.9. The normalized spacial score (nSPS) is 13.9. The van der Waals surface area contributed by atoms with Crippen LogP contribution in [-0.2, 0) is 0 Å². The van der Waals surface area contributed by atoms with E-state index in [0.717, 1.165) is 5.56 Å². The number of phenolic OH excluding ortho intramolecular Hbond substituents is 1. The maximum absolute atomic E-state index is 14.7. The van der Waals surface area contributed by atoms with Gasteiger partial charge in [-0.3, -0.25) is 9.59 Å². The van der Waals surface area contributed by atoms with Crippen molar-refractivity contribution in [1.82, 2.24) is 9.80 Å². The van der Waals surface area contributed by atoms with Crippen LogP contribution < -0.4 is 0 Å². The van der Waals surface area contributed by atoms with Crippen molar-refractivity contribution in [2.24, 2.45) is 0 Å². The van der Waals surface area contributed by atoms with E-state index in [2.05, 4.69) is 0 Å². The first-order valence-electron chi connectivity index (χ1n) is 9.85. The molecule has 0 spiro atoms. The molecular formula is C24H20ClFN2O3. The molecular weight excluding hydrogens is 419 g/mol. The highest BCUT2D eigenvalue weighted by Crippen LogP contribution is 2.24. The van der Waals surface area contributed by atoms with Crippen molar-refractivity contribution in [3.8, 4) is 16.9 Å². The summed E-state index contributed by atoms with van der Waals surface area (Å²) in [6.45, 7) is 1.36. The van der Waals surface area contributed by atoms with Gasteiger partial charge in [0.1, 0.15) is 11.6 Å². The third-order valence-electron chi connectivity index (χ3n) is 5.35. The second-order valence-electron chi connectivity index (χ2n) is 7.33. The van der Waals surface area contributed by atoms with E-state index in [-0.39, 0.29) is 17.2 Å². The molecule has 0 atom stereocenters. The molecule has 1 fully saturated rings. The lowest BCUT2D eigenvalue weighted by atomic mass is 10.0. The Balaban J connectivity index is 1.42. The highest BCUT2D eigenvalue weighted by atomic mass is 35.5. The number of piperazine rings is 1. The standard InChI is InChI=1S/C24H20ClFN2O3/c25-19-6-1-16(2-7-19)18-5-10-21(22(26)15-18)24(31)28-13-11-27(12-14-28)23(30)17-3-8-20(29)9-4-17/h1-10,15,29H,11-14H2. The number of rotatable bonds is 3. The van der Waals surface area contributed by atoms with E-state index in [1.807, 2.05) is 0 Å². The minimum atomic E-state index is -0.583. The number of hydrogen-bond donors (Lipinski definition) is 1. The summed E-state index contributed by atoms with van der Waals surface area (Å²) in [5, 5.41) is 9.96. The monoisotopic (exact) mass is 438 g/mol. The van der Waals surface area contributed by atoms with Gasteiger partial charge in [0.2, 0.25) is 0 Å². The van der Waals surface area contributed by atoms with Crippen LogP contribution in [0.4, 0.5) is 4.39 Å². The number of amides is 2. The van der Waals surface area contributed by atoms with Gasteiger partial charge < -0.3 is 14.9 Å². The zero-order valence-electron chi connectivity index (χ0n) is 16.6. The average Bonchev–Trinajstić information content (AvgIpc) is 2.79. The van der Waals surface area contributed by atoms with Gasteiger partial charge in [0, 0.05) is 36.8 Å². The summed E-state index contributed by atoms with van der Waals surface area (Å²) in [6.07, 6.45) is 0.